The molecule has 1 N–H and O–H groups in total. The predicted molar refractivity (Wildman–Crippen MR) is 70.1 cm³/mol. The Morgan fingerprint density at radius 1 is 1.59 bits per heavy atom. The second kappa shape index (κ2) is 5.95. The first-order valence-electron chi connectivity index (χ1n) is 5.58. The predicted octanol–water partition coefficient (Wildman–Crippen LogP) is 3.36. The van der Waals surface area contributed by atoms with Gasteiger partial charge in [-0.25, -0.2) is 0 Å². The standard InChI is InChI=1S/C14H18N2O/c1-4-5-9-14(2,11-15)16-12-7-6-8-13(10-12)17-3/h4,6-8,10,16H,1,5,9H2,2-3H3. The molecule has 0 bridgehead atoms. The maximum Gasteiger partial charge on any atom is 0.122 e. The molecule has 0 fully saturated rings. The molecule has 3 nitrogen and oxygen atoms in total. The molecule has 1 atom stereocenters. The van der Waals surface area contributed by atoms with Gasteiger partial charge in [-0.1, -0.05) is 12.1 Å². The van der Waals surface area contributed by atoms with Gasteiger partial charge in [-0.2, -0.15) is 5.26 Å². The summed E-state index contributed by atoms with van der Waals surface area (Å²) in [4.78, 5) is 0. The molecule has 0 spiro atoms. The molecule has 3 heteroatoms. The van der Waals surface area contributed by atoms with Crippen LogP contribution >= 0.6 is 0 Å². The van der Waals surface area contributed by atoms with E-state index in [1.54, 1.807) is 7.11 Å². The van der Waals surface area contributed by atoms with Crippen molar-refractivity contribution in [1.82, 2.24) is 0 Å². The van der Waals surface area contributed by atoms with Gasteiger partial charge in [-0.05, 0) is 31.9 Å². The van der Waals surface area contributed by atoms with Crippen molar-refractivity contribution in [3.05, 3.63) is 36.9 Å². The first-order chi connectivity index (χ1) is 8.13. The lowest BCUT2D eigenvalue weighted by Crippen LogP contribution is -2.32. The number of hydrogen-bond donors (Lipinski definition) is 1. The van der Waals surface area contributed by atoms with Crippen molar-refractivity contribution in [1.29, 1.82) is 5.26 Å². The van der Waals surface area contributed by atoms with Gasteiger partial charge in [0, 0.05) is 11.8 Å². The Labute approximate surface area is 103 Å². The lowest BCUT2D eigenvalue weighted by molar-refractivity contribution is 0.415. The molecule has 0 saturated carbocycles. The molecule has 0 saturated heterocycles. The Morgan fingerprint density at radius 3 is 2.94 bits per heavy atom. The van der Waals surface area contributed by atoms with Crippen molar-refractivity contribution in [3.63, 3.8) is 0 Å². The highest BCUT2D eigenvalue weighted by Gasteiger charge is 2.22. The minimum Gasteiger partial charge on any atom is -0.497 e. The van der Waals surface area contributed by atoms with Gasteiger partial charge in [0.15, 0.2) is 0 Å². The molecule has 0 amide bonds. The Morgan fingerprint density at radius 2 is 2.35 bits per heavy atom. The number of nitriles is 1. The molecule has 17 heavy (non-hydrogen) atoms. The minimum absolute atomic E-state index is 0.583. The Hall–Kier alpha value is -1.95. The van der Waals surface area contributed by atoms with Gasteiger partial charge < -0.3 is 10.1 Å². The third kappa shape index (κ3) is 3.84. The molecule has 1 aromatic carbocycles. The SMILES string of the molecule is C=CCCC(C)(C#N)Nc1cccc(OC)c1. The summed E-state index contributed by atoms with van der Waals surface area (Å²) in [5.74, 6) is 0.777. The van der Waals surface area contributed by atoms with Crippen LogP contribution in [0.5, 0.6) is 5.75 Å². The smallest absolute Gasteiger partial charge is 0.122 e. The van der Waals surface area contributed by atoms with Crippen molar-refractivity contribution < 1.29 is 4.74 Å². The molecule has 0 heterocycles. The zero-order valence-corrected chi connectivity index (χ0v) is 10.4. The first kappa shape index (κ1) is 13.1. The third-order valence-corrected chi connectivity index (χ3v) is 2.59. The summed E-state index contributed by atoms with van der Waals surface area (Å²) >= 11 is 0. The average Bonchev–Trinajstić information content (AvgIpc) is 2.36. The van der Waals surface area contributed by atoms with Gasteiger partial charge in [0.05, 0.1) is 13.2 Å². The van der Waals surface area contributed by atoms with E-state index in [0.717, 1.165) is 24.3 Å². The number of rotatable bonds is 6. The quantitative estimate of drug-likeness (QED) is 0.762. The number of anilines is 1. The zero-order valence-electron chi connectivity index (χ0n) is 10.4. The highest BCUT2D eigenvalue weighted by Crippen LogP contribution is 2.23. The lowest BCUT2D eigenvalue weighted by Gasteiger charge is -2.24. The number of nitrogens with one attached hydrogen (secondary N) is 1. The van der Waals surface area contributed by atoms with Crippen molar-refractivity contribution in [2.24, 2.45) is 0 Å². The number of benzene rings is 1. The van der Waals surface area contributed by atoms with Gasteiger partial charge in [0.25, 0.3) is 0 Å². The number of hydrogen-bond acceptors (Lipinski definition) is 3. The maximum absolute atomic E-state index is 9.22. The van der Waals surface area contributed by atoms with Crippen LogP contribution in [0.2, 0.25) is 0 Å². The number of ether oxygens (including phenoxy) is 1. The van der Waals surface area contributed by atoms with Crippen LogP contribution in [0.15, 0.2) is 36.9 Å². The van der Waals surface area contributed by atoms with Gasteiger partial charge in [-0.15, -0.1) is 6.58 Å². The van der Waals surface area contributed by atoms with Gasteiger partial charge in [0.2, 0.25) is 0 Å². The molecular weight excluding hydrogens is 212 g/mol. The fourth-order valence-corrected chi connectivity index (χ4v) is 1.56. The van der Waals surface area contributed by atoms with Crippen molar-refractivity contribution >= 4 is 5.69 Å². The normalized spacial score (nSPS) is 13.2. The van der Waals surface area contributed by atoms with E-state index < -0.39 is 5.54 Å². The molecule has 0 aliphatic rings. The Balaban J connectivity index is 2.79. The van der Waals surface area contributed by atoms with Crippen LogP contribution in [-0.4, -0.2) is 12.6 Å². The highest BCUT2D eigenvalue weighted by molar-refractivity contribution is 5.51. The van der Waals surface area contributed by atoms with Crippen LogP contribution in [-0.2, 0) is 0 Å². The largest absolute Gasteiger partial charge is 0.497 e. The van der Waals surface area contributed by atoms with Crippen LogP contribution in [0, 0.1) is 11.3 Å². The average molecular weight is 230 g/mol. The van der Waals surface area contributed by atoms with Crippen molar-refractivity contribution in [2.75, 3.05) is 12.4 Å². The third-order valence-electron chi connectivity index (χ3n) is 2.59. The van der Waals surface area contributed by atoms with E-state index in [-0.39, 0.29) is 0 Å². The molecular formula is C14H18N2O. The van der Waals surface area contributed by atoms with Crippen LogP contribution in [0.3, 0.4) is 0 Å². The summed E-state index contributed by atoms with van der Waals surface area (Å²) in [6.45, 7) is 5.56. The molecule has 0 aliphatic heterocycles. The number of methoxy groups -OCH3 is 1. The number of allylic oxidation sites excluding steroid dienone is 1. The van der Waals surface area contributed by atoms with Gasteiger partial charge >= 0.3 is 0 Å². The Kier molecular flexibility index (Phi) is 4.59. The fraction of sp³-hybridized carbons (Fsp3) is 0.357. The van der Waals surface area contributed by atoms with Crippen LogP contribution in [0.4, 0.5) is 5.69 Å². The lowest BCUT2D eigenvalue weighted by atomic mass is 9.97. The molecule has 0 radical (unpaired) electrons. The summed E-state index contributed by atoms with van der Waals surface area (Å²) in [6.07, 6.45) is 3.36. The monoisotopic (exact) mass is 230 g/mol. The van der Waals surface area contributed by atoms with Crippen molar-refractivity contribution in [2.45, 2.75) is 25.3 Å². The summed E-state index contributed by atoms with van der Waals surface area (Å²) < 4.78 is 5.15. The topological polar surface area (TPSA) is 45.0 Å². The van der Waals surface area contributed by atoms with Crippen LogP contribution in [0.25, 0.3) is 0 Å². The molecule has 1 aromatic rings. The van der Waals surface area contributed by atoms with Gasteiger partial charge in [0.1, 0.15) is 11.3 Å². The summed E-state index contributed by atoms with van der Waals surface area (Å²) in [7, 11) is 1.63. The van der Waals surface area contributed by atoms with E-state index in [0.29, 0.717) is 0 Å². The fourth-order valence-electron chi connectivity index (χ4n) is 1.56. The highest BCUT2D eigenvalue weighted by atomic mass is 16.5. The van der Waals surface area contributed by atoms with Crippen LogP contribution in [0.1, 0.15) is 19.8 Å². The van der Waals surface area contributed by atoms with E-state index >= 15 is 0 Å². The molecule has 1 unspecified atom stereocenters. The summed E-state index contributed by atoms with van der Waals surface area (Å²) in [6, 6.07) is 9.87. The second-order valence-electron chi connectivity index (χ2n) is 4.13. The van der Waals surface area contributed by atoms with E-state index in [2.05, 4.69) is 18.0 Å². The van der Waals surface area contributed by atoms with Crippen molar-refractivity contribution in [3.8, 4) is 11.8 Å². The zero-order chi connectivity index (χ0) is 12.7. The van der Waals surface area contributed by atoms with E-state index in [1.165, 1.54) is 0 Å². The van der Waals surface area contributed by atoms with E-state index in [4.69, 9.17) is 4.74 Å². The molecule has 90 valence electrons. The van der Waals surface area contributed by atoms with Crippen LogP contribution < -0.4 is 10.1 Å². The first-order valence-corrected chi connectivity index (χ1v) is 5.58. The number of nitrogens with zero attached hydrogens (tertiary/aromatic N) is 1. The Bertz CT molecular complexity index is 422. The molecule has 0 aliphatic carbocycles. The summed E-state index contributed by atoms with van der Waals surface area (Å²) in [5.41, 5.74) is 0.304. The van der Waals surface area contributed by atoms with Gasteiger partial charge in [-0.3, -0.25) is 0 Å². The minimum atomic E-state index is -0.583. The second-order valence-corrected chi connectivity index (χ2v) is 4.13. The summed E-state index contributed by atoms with van der Waals surface area (Å²) in [5, 5.41) is 12.4. The van der Waals surface area contributed by atoms with E-state index in [9.17, 15) is 5.26 Å². The maximum atomic E-state index is 9.22. The molecule has 1 rings (SSSR count). The van der Waals surface area contributed by atoms with E-state index in [1.807, 2.05) is 37.3 Å². The molecule has 0 aromatic heterocycles.